The number of H-pyrrole nitrogens is 1. The van der Waals surface area contributed by atoms with Gasteiger partial charge in [0.25, 0.3) is 5.91 Å². The van der Waals surface area contributed by atoms with Gasteiger partial charge < -0.3 is 14.5 Å². The van der Waals surface area contributed by atoms with Crippen molar-refractivity contribution in [1.29, 1.82) is 0 Å². The number of amides is 2. The highest BCUT2D eigenvalue weighted by molar-refractivity contribution is 6.34. The SMILES string of the molecule is O=C(OCc1cc(Cl)cc(Cl)c1)N1C[C@@H]2CN(C(=O)c3ccc(-c4nnn[nH]4)cc3)C[C@@H]2C1. The number of halogens is 2. The molecule has 5 rings (SSSR count). The van der Waals surface area contributed by atoms with Crippen LogP contribution in [0.1, 0.15) is 15.9 Å². The highest BCUT2D eigenvalue weighted by Crippen LogP contribution is 2.32. The summed E-state index contributed by atoms with van der Waals surface area (Å²) in [7, 11) is 0. The molecular formula is C22H20Cl2N6O3. The van der Waals surface area contributed by atoms with Crippen LogP contribution in [0, 0.1) is 11.8 Å². The highest BCUT2D eigenvalue weighted by atomic mass is 35.5. The molecule has 2 saturated heterocycles. The number of aromatic nitrogens is 4. The van der Waals surface area contributed by atoms with Crippen LogP contribution in [-0.4, -0.2) is 68.6 Å². The maximum atomic E-state index is 13.0. The Morgan fingerprint density at radius 2 is 1.61 bits per heavy atom. The largest absolute Gasteiger partial charge is 0.445 e. The highest BCUT2D eigenvalue weighted by Gasteiger charge is 2.43. The van der Waals surface area contributed by atoms with Crippen molar-refractivity contribution in [3.05, 3.63) is 63.6 Å². The van der Waals surface area contributed by atoms with Crippen molar-refractivity contribution in [2.45, 2.75) is 6.61 Å². The first-order valence-corrected chi connectivity index (χ1v) is 11.2. The third-order valence-corrected chi connectivity index (χ3v) is 6.50. The summed E-state index contributed by atoms with van der Waals surface area (Å²) >= 11 is 12.0. The van der Waals surface area contributed by atoms with Gasteiger partial charge in [-0.15, -0.1) is 5.10 Å². The van der Waals surface area contributed by atoms with Gasteiger partial charge in [0, 0.05) is 59.2 Å². The number of hydrogen-bond donors (Lipinski definition) is 1. The van der Waals surface area contributed by atoms with Crippen molar-refractivity contribution >= 4 is 35.2 Å². The van der Waals surface area contributed by atoms with Crippen LogP contribution in [0.5, 0.6) is 0 Å². The number of nitrogens with one attached hydrogen (secondary N) is 1. The van der Waals surface area contributed by atoms with Crippen molar-refractivity contribution < 1.29 is 14.3 Å². The van der Waals surface area contributed by atoms with Gasteiger partial charge in [0.05, 0.1) is 0 Å². The zero-order valence-corrected chi connectivity index (χ0v) is 19.0. The van der Waals surface area contributed by atoms with E-state index in [9.17, 15) is 9.59 Å². The number of tetrazole rings is 1. The molecule has 2 amide bonds. The first-order chi connectivity index (χ1) is 16.0. The summed E-state index contributed by atoms with van der Waals surface area (Å²) in [6.07, 6.45) is -0.365. The first-order valence-electron chi connectivity index (χ1n) is 10.5. The van der Waals surface area contributed by atoms with Gasteiger partial charge in [0.2, 0.25) is 0 Å². The van der Waals surface area contributed by atoms with Crippen LogP contribution >= 0.6 is 23.2 Å². The van der Waals surface area contributed by atoms with E-state index < -0.39 is 0 Å². The second-order valence-corrected chi connectivity index (χ2v) is 9.17. The van der Waals surface area contributed by atoms with Crippen LogP contribution in [0.3, 0.4) is 0 Å². The fourth-order valence-electron chi connectivity index (χ4n) is 4.47. The van der Waals surface area contributed by atoms with Gasteiger partial charge in [0.15, 0.2) is 5.82 Å². The smallest absolute Gasteiger partial charge is 0.410 e. The molecule has 0 radical (unpaired) electrons. The molecule has 2 aliphatic rings. The van der Waals surface area contributed by atoms with Crippen LogP contribution in [0.2, 0.25) is 10.0 Å². The number of nitrogens with zero attached hydrogens (tertiary/aromatic N) is 5. The Morgan fingerprint density at radius 1 is 0.970 bits per heavy atom. The average molecular weight is 487 g/mol. The van der Waals surface area contributed by atoms with E-state index in [1.165, 1.54) is 0 Å². The van der Waals surface area contributed by atoms with E-state index in [0.717, 1.165) is 11.1 Å². The van der Waals surface area contributed by atoms with Crippen LogP contribution < -0.4 is 0 Å². The van der Waals surface area contributed by atoms with Crippen LogP contribution in [0.15, 0.2) is 42.5 Å². The van der Waals surface area contributed by atoms with Gasteiger partial charge >= 0.3 is 6.09 Å². The standard InChI is InChI=1S/C22H20Cl2N6O3/c23-18-5-13(6-19(24)7-18)12-33-22(32)30-10-16-8-29(9-17(16)11-30)21(31)15-3-1-14(2-4-15)20-25-27-28-26-20/h1-7,16-17H,8-12H2,(H,25,26,27,28)/t16-,17+. The Bertz CT molecular complexity index is 1140. The minimum absolute atomic E-state index is 0.0152. The molecule has 9 nitrogen and oxygen atoms in total. The van der Waals surface area contributed by atoms with E-state index >= 15 is 0 Å². The summed E-state index contributed by atoms with van der Waals surface area (Å²) in [4.78, 5) is 29.1. The van der Waals surface area contributed by atoms with Gasteiger partial charge in [-0.25, -0.2) is 9.89 Å². The lowest BCUT2D eigenvalue weighted by atomic mass is 10.0. The molecule has 0 unspecified atom stereocenters. The Morgan fingerprint density at radius 3 is 2.21 bits per heavy atom. The minimum atomic E-state index is -0.365. The van der Waals surface area contributed by atoms with Crippen molar-refractivity contribution in [2.75, 3.05) is 26.2 Å². The van der Waals surface area contributed by atoms with Crippen molar-refractivity contribution in [1.82, 2.24) is 30.4 Å². The fraction of sp³-hybridized carbons (Fsp3) is 0.318. The third-order valence-electron chi connectivity index (χ3n) is 6.07. The molecule has 2 aliphatic heterocycles. The average Bonchev–Trinajstić information content (AvgIpc) is 3.53. The Labute approximate surface area is 199 Å². The number of benzene rings is 2. The summed E-state index contributed by atoms with van der Waals surface area (Å²) in [5.41, 5.74) is 2.16. The number of hydrogen-bond acceptors (Lipinski definition) is 6. The minimum Gasteiger partial charge on any atom is -0.445 e. The number of likely N-dealkylation sites (tertiary alicyclic amines) is 2. The van der Waals surface area contributed by atoms with Crippen LogP contribution in [0.25, 0.3) is 11.4 Å². The number of carbonyl (C=O) groups excluding carboxylic acids is 2. The summed E-state index contributed by atoms with van der Waals surface area (Å²) in [5, 5.41) is 14.7. The lowest BCUT2D eigenvalue weighted by Crippen LogP contribution is -2.35. The number of fused-ring (bicyclic) bond motifs is 1. The molecule has 170 valence electrons. The number of ether oxygens (including phenoxy) is 1. The summed E-state index contributed by atoms with van der Waals surface area (Å²) in [6, 6.07) is 12.3. The molecule has 33 heavy (non-hydrogen) atoms. The molecule has 0 aliphatic carbocycles. The molecule has 0 spiro atoms. The molecule has 2 aromatic carbocycles. The zero-order chi connectivity index (χ0) is 22.9. The third kappa shape index (κ3) is 4.65. The summed E-state index contributed by atoms with van der Waals surface area (Å²) in [5.74, 6) is 1.01. The van der Waals surface area contributed by atoms with Gasteiger partial charge in [-0.05, 0) is 46.3 Å². The molecular weight excluding hydrogens is 467 g/mol. The van der Waals surface area contributed by atoms with Crippen LogP contribution in [0.4, 0.5) is 4.79 Å². The summed E-state index contributed by atoms with van der Waals surface area (Å²) < 4.78 is 5.45. The van der Waals surface area contributed by atoms with Crippen molar-refractivity contribution in [3.8, 4) is 11.4 Å². The maximum Gasteiger partial charge on any atom is 0.410 e. The molecule has 2 fully saturated rings. The predicted octanol–water partition coefficient (Wildman–Crippen LogP) is 3.51. The molecule has 2 atom stereocenters. The second-order valence-electron chi connectivity index (χ2n) is 8.29. The van der Waals surface area contributed by atoms with Gasteiger partial charge in [-0.2, -0.15) is 0 Å². The normalized spacial score (nSPS) is 19.6. The van der Waals surface area contributed by atoms with E-state index in [4.69, 9.17) is 27.9 Å². The lowest BCUT2D eigenvalue weighted by molar-refractivity contribution is 0.0764. The zero-order valence-electron chi connectivity index (χ0n) is 17.4. The van der Waals surface area contributed by atoms with E-state index in [2.05, 4.69) is 20.6 Å². The quantitative estimate of drug-likeness (QED) is 0.604. The fourth-order valence-corrected chi connectivity index (χ4v) is 5.04. The topological polar surface area (TPSA) is 104 Å². The number of aromatic amines is 1. The predicted molar refractivity (Wildman–Crippen MR) is 121 cm³/mol. The first kappa shape index (κ1) is 21.7. The van der Waals surface area contributed by atoms with E-state index in [0.29, 0.717) is 47.6 Å². The van der Waals surface area contributed by atoms with Crippen molar-refractivity contribution in [3.63, 3.8) is 0 Å². The number of rotatable bonds is 4. The van der Waals surface area contributed by atoms with Gasteiger partial charge in [-0.3, -0.25) is 4.79 Å². The molecule has 1 aromatic heterocycles. The van der Waals surface area contributed by atoms with Crippen molar-refractivity contribution in [2.24, 2.45) is 11.8 Å². The Kier molecular flexibility index (Phi) is 5.90. The van der Waals surface area contributed by atoms with E-state index in [-0.39, 0.29) is 30.4 Å². The maximum absolute atomic E-state index is 13.0. The lowest BCUT2D eigenvalue weighted by Gasteiger charge is -2.21. The van der Waals surface area contributed by atoms with Gasteiger partial charge in [0.1, 0.15) is 6.61 Å². The second kappa shape index (κ2) is 8.99. The van der Waals surface area contributed by atoms with E-state index in [1.807, 2.05) is 17.0 Å². The molecule has 1 N–H and O–H groups in total. The van der Waals surface area contributed by atoms with Crippen LogP contribution in [-0.2, 0) is 11.3 Å². The molecule has 0 saturated carbocycles. The molecule has 11 heteroatoms. The summed E-state index contributed by atoms with van der Waals surface area (Å²) in [6.45, 7) is 2.48. The monoisotopic (exact) mass is 486 g/mol. The molecule has 3 aromatic rings. The van der Waals surface area contributed by atoms with E-state index in [1.54, 1.807) is 35.2 Å². The Balaban J connectivity index is 1.14. The molecule has 3 heterocycles. The number of carbonyl (C=O) groups is 2. The molecule has 0 bridgehead atoms. The van der Waals surface area contributed by atoms with Gasteiger partial charge in [-0.1, -0.05) is 35.3 Å². The Hall–Kier alpha value is -3.17.